The summed E-state index contributed by atoms with van der Waals surface area (Å²) in [4.78, 5) is 56.1. The molecule has 0 spiro atoms. The van der Waals surface area contributed by atoms with Crippen LogP contribution in [0.3, 0.4) is 0 Å². The molecule has 1 aromatic heterocycles. The van der Waals surface area contributed by atoms with Gasteiger partial charge in [-0.25, -0.2) is 0 Å². The van der Waals surface area contributed by atoms with Gasteiger partial charge in [0.05, 0.1) is 16.9 Å². The van der Waals surface area contributed by atoms with Crippen LogP contribution in [-0.4, -0.2) is 44.6 Å². The minimum absolute atomic E-state index is 0.00850. The third kappa shape index (κ3) is 4.50. The van der Waals surface area contributed by atoms with E-state index in [1.165, 1.54) is 16.2 Å². The van der Waals surface area contributed by atoms with E-state index in [2.05, 4.69) is 11.1 Å². The number of amides is 2. The average Bonchev–Trinajstić information content (AvgIpc) is 3.68. The molecule has 6 unspecified atom stereocenters. The topological polar surface area (TPSA) is 117 Å². The molecule has 3 fully saturated rings. The second-order valence-electron chi connectivity index (χ2n) is 11.7. The molecule has 2 aromatic carbocycles. The Morgan fingerprint density at radius 1 is 1.12 bits per heavy atom. The van der Waals surface area contributed by atoms with E-state index in [1.807, 2.05) is 37.3 Å². The van der Waals surface area contributed by atoms with Crippen molar-refractivity contribution in [3.8, 4) is 5.75 Å². The number of aliphatic carboxylic acids is 1. The monoisotopic (exact) mass is 624 g/mol. The molecular formula is C31H29ClN2O6S2. The molecule has 218 valence electrons. The van der Waals surface area contributed by atoms with Gasteiger partial charge in [-0.2, -0.15) is 0 Å². The summed E-state index contributed by atoms with van der Waals surface area (Å²) in [6.45, 7) is 2.54. The van der Waals surface area contributed by atoms with Gasteiger partial charge in [-0.15, -0.1) is 11.8 Å². The molecule has 0 radical (unpaired) electrons. The molecule has 2 N–H and O–H groups in total. The number of aryl methyl sites for hydroxylation is 1. The fourth-order valence-corrected chi connectivity index (χ4v) is 11.0. The minimum Gasteiger partial charge on any atom is -0.489 e. The second-order valence-corrected chi connectivity index (χ2v) is 14.4. The van der Waals surface area contributed by atoms with Crippen LogP contribution < -0.4 is 9.61 Å². The van der Waals surface area contributed by atoms with Crippen LogP contribution in [0, 0.1) is 36.5 Å². The average molecular weight is 625 g/mol. The number of aromatic amines is 1. The zero-order valence-corrected chi connectivity index (χ0v) is 25.1. The fourth-order valence-electron chi connectivity index (χ4n) is 7.89. The Labute approximate surface area is 255 Å². The Hall–Kier alpha value is -3.08. The van der Waals surface area contributed by atoms with E-state index in [-0.39, 0.29) is 65.0 Å². The third-order valence-electron chi connectivity index (χ3n) is 9.37. The largest absolute Gasteiger partial charge is 0.489 e. The standard InChI is InChI=1S/C31H29ClN2O6S2/c1-14-4-2-5-15(10-14)13-40-20-8-7-16(32)11-17(20)22-23-18-12-19(26(23)41-28-27(22)42-31(39)33-28)25-24(18)29(37)34(30(25)38)9-3-6-21(35)36/h2,4-5,7-8,10-11,18-19,22-26H,3,6,9,12-13H2,1H3,(H,33,39)(H,35,36)/t18?,19?,22-,23?,24?,25?,26?/m1/s1. The lowest BCUT2D eigenvalue weighted by Gasteiger charge is -2.43. The summed E-state index contributed by atoms with van der Waals surface area (Å²) in [5, 5.41) is 10.5. The van der Waals surface area contributed by atoms with Crippen molar-refractivity contribution in [1.82, 2.24) is 9.88 Å². The number of carboxylic acid groups (broad SMARTS) is 1. The number of carbonyl (C=O) groups excluding carboxylic acids is 2. The number of H-pyrrole nitrogens is 1. The van der Waals surface area contributed by atoms with Gasteiger partial charge in [0, 0.05) is 39.6 Å². The molecule has 3 heterocycles. The number of carbonyl (C=O) groups is 3. The number of benzene rings is 2. The molecule has 3 aromatic rings. The van der Waals surface area contributed by atoms with Gasteiger partial charge in [-0.05, 0) is 61.3 Å². The lowest BCUT2D eigenvalue weighted by Crippen LogP contribution is -2.42. The van der Waals surface area contributed by atoms with E-state index in [0.717, 1.165) is 33.0 Å². The molecule has 11 heteroatoms. The number of ether oxygens (including phenoxy) is 1. The van der Waals surface area contributed by atoms with Gasteiger partial charge in [-0.1, -0.05) is 52.8 Å². The second kappa shape index (κ2) is 10.6. The number of thiazole rings is 1. The molecule has 8 nitrogen and oxygen atoms in total. The molecule has 2 amide bonds. The first-order chi connectivity index (χ1) is 20.2. The van der Waals surface area contributed by atoms with Crippen molar-refractivity contribution in [3.05, 3.63) is 78.7 Å². The summed E-state index contributed by atoms with van der Waals surface area (Å²) in [6.07, 6.45) is 0.929. The molecule has 1 saturated heterocycles. The maximum atomic E-state index is 13.7. The van der Waals surface area contributed by atoms with Gasteiger partial charge < -0.3 is 14.8 Å². The van der Waals surface area contributed by atoms with Gasteiger partial charge in [-0.3, -0.25) is 24.1 Å². The third-order valence-corrected chi connectivity index (χ3v) is 12.2. The Morgan fingerprint density at radius 3 is 2.67 bits per heavy atom. The number of fused-ring (bicyclic) bond motifs is 9. The van der Waals surface area contributed by atoms with Crippen LogP contribution in [0.15, 0.2) is 52.3 Å². The van der Waals surface area contributed by atoms with Crippen molar-refractivity contribution < 1.29 is 24.2 Å². The SMILES string of the molecule is Cc1cccc(COc2ccc(Cl)cc2[C@H]2c3sc(=O)[nH]c3SC3C4CC(C5C(=O)N(CCCC(=O)O)C(=O)C45)C32)c1. The lowest BCUT2D eigenvalue weighted by atomic mass is 9.68. The van der Waals surface area contributed by atoms with Crippen molar-refractivity contribution in [2.45, 2.75) is 49.0 Å². The number of nitrogens with one attached hydrogen (secondary N) is 1. The maximum Gasteiger partial charge on any atom is 0.305 e. The molecule has 7 rings (SSSR count). The van der Waals surface area contributed by atoms with E-state index in [4.69, 9.17) is 21.4 Å². The summed E-state index contributed by atoms with van der Waals surface area (Å²) in [5.74, 6) is -1.70. The van der Waals surface area contributed by atoms with Crippen molar-refractivity contribution in [2.75, 3.05) is 6.54 Å². The first-order valence-electron chi connectivity index (χ1n) is 14.2. The number of thioether (sulfide) groups is 1. The lowest BCUT2D eigenvalue weighted by molar-refractivity contribution is -0.142. The molecule has 2 bridgehead atoms. The first-order valence-corrected chi connectivity index (χ1v) is 16.2. The minimum atomic E-state index is -0.943. The molecule has 2 aliphatic carbocycles. The number of aromatic nitrogens is 1. The van der Waals surface area contributed by atoms with Crippen LogP contribution in [0.4, 0.5) is 0 Å². The van der Waals surface area contributed by atoms with E-state index in [0.29, 0.717) is 17.4 Å². The van der Waals surface area contributed by atoms with Gasteiger partial charge in [0.1, 0.15) is 12.4 Å². The highest BCUT2D eigenvalue weighted by Crippen LogP contribution is 2.69. The van der Waals surface area contributed by atoms with Crippen LogP contribution in [0.25, 0.3) is 0 Å². The predicted octanol–water partition coefficient (Wildman–Crippen LogP) is 5.32. The number of imide groups is 1. The molecular weight excluding hydrogens is 596 g/mol. The van der Waals surface area contributed by atoms with Crippen LogP contribution >= 0.6 is 34.7 Å². The van der Waals surface area contributed by atoms with Crippen LogP contribution in [-0.2, 0) is 21.0 Å². The van der Waals surface area contributed by atoms with Gasteiger partial charge >= 0.3 is 10.8 Å². The summed E-state index contributed by atoms with van der Waals surface area (Å²) < 4.78 is 6.42. The molecule has 7 atom stereocenters. The number of hydrogen-bond acceptors (Lipinski definition) is 7. The number of rotatable bonds is 8. The van der Waals surface area contributed by atoms with Crippen LogP contribution in [0.1, 0.15) is 46.7 Å². The molecule has 2 saturated carbocycles. The Bertz CT molecular complexity index is 1670. The maximum absolute atomic E-state index is 13.7. The smallest absolute Gasteiger partial charge is 0.305 e. The summed E-state index contributed by atoms with van der Waals surface area (Å²) >= 11 is 9.40. The number of halogens is 1. The Balaban J connectivity index is 1.26. The van der Waals surface area contributed by atoms with Crippen LogP contribution in [0.2, 0.25) is 5.02 Å². The van der Waals surface area contributed by atoms with Crippen LogP contribution in [0.5, 0.6) is 5.75 Å². The first kappa shape index (κ1) is 27.7. The van der Waals surface area contributed by atoms with Gasteiger partial charge in [0.25, 0.3) is 0 Å². The Morgan fingerprint density at radius 2 is 1.90 bits per heavy atom. The van der Waals surface area contributed by atoms with E-state index >= 15 is 0 Å². The summed E-state index contributed by atoms with van der Waals surface area (Å²) in [6, 6.07) is 13.7. The van der Waals surface area contributed by atoms with Crippen molar-refractivity contribution >= 4 is 52.5 Å². The summed E-state index contributed by atoms with van der Waals surface area (Å²) in [5.41, 5.74) is 3.08. The molecule has 4 aliphatic rings. The highest BCUT2D eigenvalue weighted by atomic mass is 35.5. The van der Waals surface area contributed by atoms with E-state index < -0.39 is 17.8 Å². The summed E-state index contributed by atoms with van der Waals surface area (Å²) in [7, 11) is 0. The number of nitrogens with zero attached hydrogens (tertiary/aromatic N) is 1. The highest BCUT2D eigenvalue weighted by molar-refractivity contribution is 8.00. The van der Waals surface area contributed by atoms with Crippen molar-refractivity contribution in [3.63, 3.8) is 0 Å². The fraction of sp³-hybridized carbons (Fsp3) is 0.419. The van der Waals surface area contributed by atoms with Gasteiger partial charge in [0.15, 0.2) is 0 Å². The quantitative estimate of drug-likeness (QED) is 0.326. The van der Waals surface area contributed by atoms with Crippen molar-refractivity contribution in [2.24, 2.45) is 29.6 Å². The molecule has 2 aliphatic heterocycles. The van der Waals surface area contributed by atoms with Crippen molar-refractivity contribution in [1.29, 1.82) is 0 Å². The van der Waals surface area contributed by atoms with E-state index in [1.54, 1.807) is 17.8 Å². The zero-order valence-electron chi connectivity index (χ0n) is 22.7. The molecule has 42 heavy (non-hydrogen) atoms. The Kier molecular flexibility index (Phi) is 6.98. The highest BCUT2D eigenvalue weighted by Gasteiger charge is 2.69. The number of carboxylic acids is 1. The van der Waals surface area contributed by atoms with Gasteiger partial charge in [0.2, 0.25) is 11.8 Å². The predicted molar refractivity (Wildman–Crippen MR) is 159 cm³/mol. The number of likely N-dealkylation sites (tertiary alicyclic amines) is 1. The zero-order chi connectivity index (χ0) is 29.3. The van der Waals surface area contributed by atoms with E-state index in [9.17, 15) is 19.2 Å². The normalized spacial score (nSPS) is 29.0. The number of hydrogen-bond donors (Lipinski definition) is 2.